The van der Waals surface area contributed by atoms with Crippen LogP contribution in [0.5, 0.6) is 11.5 Å². The molecule has 2 aromatic carbocycles. The van der Waals surface area contributed by atoms with E-state index in [0.29, 0.717) is 30.2 Å². The van der Waals surface area contributed by atoms with E-state index in [1.807, 2.05) is 30.3 Å². The molecule has 0 aliphatic carbocycles. The minimum absolute atomic E-state index is 0.0869. The molecule has 0 saturated carbocycles. The minimum atomic E-state index is -1.05. The van der Waals surface area contributed by atoms with Gasteiger partial charge in [0, 0.05) is 42.2 Å². The molecule has 1 heterocycles. The number of aliphatic hydroxyl groups is 1. The number of nitrogens with one attached hydrogen (secondary N) is 2. The third-order valence-electron chi connectivity index (χ3n) is 6.42. The molecule has 12 nitrogen and oxygen atoms in total. The number of carbonyl (C=O) groups excluding carboxylic acids is 2. The van der Waals surface area contributed by atoms with Crippen molar-refractivity contribution in [1.29, 1.82) is 0 Å². The molecule has 0 spiro atoms. The van der Waals surface area contributed by atoms with Crippen LogP contribution < -0.4 is 20.1 Å². The normalized spacial score (nSPS) is 14.4. The van der Waals surface area contributed by atoms with E-state index < -0.39 is 28.9 Å². The highest BCUT2D eigenvalue weighted by Gasteiger charge is 2.39. The Bertz CT molecular complexity index is 1330. The highest BCUT2D eigenvalue weighted by atomic mass is 16.6. The molecule has 1 aliphatic rings. The van der Waals surface area contributed by atoms with E-state index >= 15 is 0 Å². The molecule has 0 fully saturated rings. The number of nitro groups is 1. The van der Waals surface area contributed by atoms with Crippen LogP contribution in [0.15, 0.2) is 83.2 Å². The number of methoxy groups -OCH3 is 2. The number of carbonyl (C=O) groups is 2. The molecule has 0 amide bonds. The summed E-state index contributed by atoms with van der Waals surface area (Å²) in [6.45, 7) is 4.28. The van der Waals surface area contributed by atoms with E-state index in [4.69, 9.17) is 18.9 Å². The zero-order chi connectivity index (χ0) is 30.6. The largest absolute Gasteiger partial charge is 0.491 e. The summed E-state index contributed by atoms with van der Waals surface area (Å²) in [5.74, 6) is -1.55. The molecular weight excluding hydrogens is 546 g/mol. The number of esters is 2. The van der Waals surface area contributed by atoms with E-state index in [2.05, 4.69) is 10.6 Å². The second-order valence-electron chi connectivity index (χ2n) is 9.32. The van der Waals surface area contributed by atoms with Crippen molar-refractivity contribution in [1.82, 2.24) is 10.6 Å². The number of hydrogen-bond acceptors (Lipinski definition) is 11. The lowest BCUT2D eigenvalue weighted by Gasteiger charge is -2.30. The van der Waals surface area contributed by atoms with Crippen molar-refractivity contribution in [2.75, 3.05) is 40.5 Å². The van der Waals surface area contributed by atoms with E-state index in [1.165, 1.54) is 32.4 Å². The van der Waals surface area contributed by atoms with Crippen LogP contribution in [0.1, 0.15) is 25.3 Å². The van der Waals surface area contributed by atoms with Gasteiger partial charge < -0.3 is 34.7 Å². The predicted molar refractivity (Wildman–Crippen MR) is 154 cm³/mol. The number of benzene rings is 2. The van der Waals surface area contributed by atoms with Crippen LogP contribution in [0.4, 0.5) is 5.69 Å². The number of nitrogens with zero attached hydrogens (tertiary/aromatic N) is 1. The Balaban J connectivity index is 1.73. The molecule has 1 unspecified atom stereocenters. The van der Waals surface area contributed by atoms with Crippen molar-refractivity contribution >= 4 is 17.6 Å². The van der Waals surface area contributed by atoms with Gasteiger partial charge in [-0.3, -0.25) is 10.1 Å². The highest BCUT2D eigenvalue weighted by molar-refractivity contribution is 6.00. The lowest BCUT2D eigenvalue weighted by Crippen LogP contribution is -2.32. The van der Waals surface area contributed by atoms with Crippen LogP contribution in [0.2, 0.25) is 0 Å². The van der Waals surface area contributed by atoms with Gasteiger partial charge in [0.25, 0.3) is 5.69 Å². The topological polar surface area (TPSA) is 158 Å². The lowest BCUT2D eigenvalue weighted by molar-refractivity contribution is -0.384. The number of dihydropyridines is 1. The van der Waals surface area contributed by atoms with Gasteiger partial charge in [-0.2, -0.15) is 0 Å². The quantitative estimate of drug-likeness (QED) is 0.0989. The van der Waals surface area contributed by atoms with Crippen molar-refractivity contribution in [3.05, 3.63) is 98.9 Å². The molecule has 0 radical (unpaired) electrons. The molecule has 3 rings (SSSR count). The fourth-order valence-corrected chi connectivity index (χ4v) is 4.46. The fraction of sp³-hybridized carbons (Fsp3) is 0.333. The lowest BCUT2D eigenvalue weighted by atomic mass is 9.80. The Kier molecular flexibility index (Phi) is 11.6. The molecule has 1 aliphatic heterocycles. The first kappa shape index (κ1) is 31.8. The van der Waals surface area contributed by atoms with E-state index in [0.717, 1.165) is 0 Å². The molecule has 0 bridgehead atoms. The number of rotatable bonds is 14. The first-order valence-corrected chi connectivity index (χ1v) is 13.2. The Morgan fingerprint density at radius 3 is 2.26 bits per heavy atom. The number of nitro benzene ring substituents is 1. The third kappa shape index (κ3) is 8.18. The first-order valence-electron chi connectivity index (χ1n) is 13.2. The monoisotopic (exact) mass is 581 g/mol. The average molecular weight is 582 g/mol. The van der Waals surface area contributed by atoms with Gasteiger partial charge in [0.1, 0.15) is 30.8 Å². The molecule has 0 saturated heterocycles. The van der Waals surface area contributed by atoms with Crippen molar-refractivity contribution in [2.45, 2.75) is 25.9 Å². The smallest absolute Gasteiger partial charge is 0.336 e. The van der Waals surface area contributed by atoms with Crippen molar-refractivity contribution in [3.63, 3.8) is 0 Å². The van der Waals surface area contributed by atoms with Gasteiger partial charge in [0.15, 0.2) is 0 Å². The van der Waals surface area contributed by atoms with Gasteiger partial charge in [-0.05, 0) is 32.0 Å². The number of non-ortho nitro benzene ring substituents is 1. The average Bonchev–Trinajstić information content (AvgIpc) is 2.99. The van der Waals surface area contributed by atoms with Gasteiger partial charge in [-0.1, -0.05) is 30.4 Å². The summed E-state index contributed by atoms with van der Waals surface area (Å²) in [5.41, 5.74) is 1.05. The van der Waals surface area contributed by atoms with Crippen molar-refractivity contribution in [2.24, 2.45) is 0 Å². The molecule has 12 heteroatoms. The summed E-state index contributed by atoms with van der Waals surface area (Å²) in [4.78, 5) is 36.8. The highest BCUT2D eigenvalue weighted by Crippen LogP contribution is 2.44. The van der Waals surface area contributed by atoms with Crippen molar-refractivity contribution in [3.8, 4) is 11.5 Å². The summed E-state index contributed by atoms with van der Waals surface area (Å²) in [6, 6.07) is 13.2. The van der Waals surface area contributed by atoms with Crippen LogP contribution in [-0.2, 0) is 19.1 Å². The van der Waals surface area contributed by atoms with Crippen LogP contribution in [0.25, 0.3) is 0 Å². The van der Waals surface area contributed by atoms with E-state index in [1.54, 1.807) is 26.0 Å². The maximum Gasteiger partial charge on any atom is 0.336 e. The van der Waals surface area contributed by atoms with E-state index in [9.17, 15) is 24.8 Å². The number of ether oxygens (including phenoxy) is 4. The second kappa shape index (κ2) is 15.4. The predicted octanol–water partition coefficient (Wildman–Crippen LogP) is 3.14. The van der Waals surface area contributed by atoms with Crippen LogP contribution >= 0.6 is 0 Å². The molecule has 2 aromatic rings. The number of allylic oxidation sites excluding steroid dienone is 2. The molecule has 42 heavy (non-hydrogen) atoms. The van der Waals surface area contributed by atoms with Crippen LogP contribution in [-0.4, -0.2) is 68.6 Å². The second-order valence-corrected chi connectivity index (χ2v) is 9.32. The number of hydrogen-bond donors (Lipinski definition) is 3. The zero-order valence-electron chi connectivity index (χ0n) is 23.9. The minimum Gasteiger partial charge on any atom is -0.491 e. The standard InChI is InChI=1S/C30H35N3O9/c1-19-26(29(35)39-3)28(27(20(2)32-19)30(36)40-4)24-16-21(33(37)38)12-13-25(24)41-15-9-8-14-31-17-22(34)18-42-23-10-6-5-7-11-23/h5-13,16,22,28,31-32,34H,14-15,17-18H2,1-4H3. The van der Waals surface area contributed by atoms with Gasteiger partial charge in [-0.15, -0.1) is 0 Å². The maximum atomic E-state index is 12.9. The summed E-state index contributed by atoms with van der Waals surface area (Å²) in [6.07, 6.45) is 2.83. The summed E-state index contributed by atoms with van der Waals surface area (Å²) < 4.78 is 21.5. The van der Waals surface area contributed by atoms with Crippen LogP contribution in [0.3, 0.4) is 0 Å². The number of aliphatic hydroxyl groups excluding tert-OH is 1. The molecule has 224 valence electrons. The molecular formula is C30H35N3O9. The molecule has 1 atom stereocenters. The number of para-hydroxylation sites is 1. The van der Waals surface area contributed by atoms with Gasteiger partial charge >= 0.3 is 11.9 Å². The fourth-order valence-electron chi connectivity index (χ4n) is 4.46. The first-order chi connectivity index (χ1) is 20.2. The van der Waals surface area contributed by atoms with Crippen molar-refractivity contribution < 1.29 is 38.6 Å². The summed E-state index contributed by atoms with van der Waals surface area (Å²) >= 11 is 0. The molecule has 0 aromatic heterocycles. The maximum absolute atomic E-state index is 12.9. The van der Waals surface area contributed by atoms with Gasteiger partial charge in [0.2, 0.25) is 0 Å². The Morgan fingerprint density at radius 2 is 1.67 bits per heavy atom. The summed E-state index contributed by atoms with van der Waals surface area (Å²) in [7, 11) is 2.42. The van der Waals surface area contributed by atoms with E-state index in [-0.39, 0.29) is 41.4 Å². The Hall–Kier alpha value is -4.68. The molecule has 3 N–H and O–H groups in total. The van der Waals surface area contributed by atoms with Gasteiger partial charge in [-0.25, -0.2) is 9.59 Å². The van der Waals surface area contributed by atoms with Crippen LogP contribution in [0, 0.1) is 10.1 Å². The zero-order valence-corrected chi connectivity index (χ0v) is 23.9. The Morgan fingerprint density at radius 1 is 1.02 bits per heavy atom. The van der Waals surface area contributed by atoms with Gasteiger partial charge in [0.05, 0.1) is 36.2 Å². The Labute approximate surface area is 243 Å². The summed E-state index contributed by atoms with van der Waals surface area (Å²) in [5, 5.41) is 27.8. The third-order valence-corrected chi connectivity index (χ3v) is 6.42. The SMILES string of the molecule is COC(=O)C1=C(C)NC(C)=C(C(=O)OC)C1c1cc([N+](=O)[O-])ccc1OCC=CCNCC(O)COc1ccccc1.